The number of carbonyl (C=O) groups excluding carboxylic acids is 2. The summed E-state index contributed by atoms with van der Waals surface area (Å²) in [6, 6.07) is 5.56. The number of nitrogens with zero attached hydrogens (tertiary/aromatic N) is 1. The van der Waals surface area contributed by atoms with Crippen molar-refractivity contribution in [1.82, 2.24) is 4.37 Å². The largest absolute Gasteiger partial charge is 0.376 e. The van der Waals surface area contributed by atoms with Gasteiger partial charge in [-0.15, -0.1) is 0 Å². The van der Waals surface area contributed by atoms with E-state index in [0.717, 1.165) is 10.7 Å². The van der Waals surface area contributed by atoms with Gasteiger partial charge in [-0.3, -0.25) is 4.79 Å². The molecule has 1 heterocycles. The zero-order chi connectivity index (χ0) is 17.0. The Morgan fingerprint density at radius 2 is 2.17 bits per heavy atom. The number of aldehydes is 1. The van der Waals surface area contributed by atoms with Crippen molar-refractivity contribution in [2.24, 2.45) is 11.5 Å². The Hall–Kier alpha value is -2.49. The molecule has 0 spiro atoms. The van der Waals surface area contributed by atoms with Gasteiger partial charge in [0, 0.05) is 5.69 Å². The first kappa shape index (κ1) is 16.9. The molecule has 2 rings (SSSR count). The minimum absolute atomic E-state index is 0.289. The lowest BCUT2D eigenvalue weighted by atomic mass is 10.1. The second-order valence-corrected chi connectivity index (χ2v) is 5.68. The van der Waals surface area contributed by atoms with Gasteiger partial charge in [-0.25, -0.2) is 0 Å². The number of aromatic nitrogens is 1. The average Bonchev–Trinajstić information content (AvgIpc) is 2.89. The molecule has 0 saturated heterocycles. The van der Waals surface area contributed by atoms with E-state index in [9.17, 15) is 14.7 Å². The van der Waals surface area contributed by atoms with Crippen molar-refractivity contribution < 1.29 is 14.7 Å². The summed E-state index contributed by atoms with van der Waals surface area (Å²) in [5.41, 5.74) is 12.8. The van der Waals surface area contributed by atoms with Gasteiger partial charge in [-0.2, -0.15) is 4.37 Å². The summed E-state index contributed by atoms with van der Waals surface area (Å²) in [5, 5.41) is 15.9. The molecule has 0 fully saturated rings. The number of carbonyl (C=O) groups is 2. The Balaban J connectivity index is 2.31. The number of rotatable bonds is 7. The first-order valence-corrected chi connectivity index (χ1v) is 7.47. The summed E-state index contributed by atoms with van der Waals surface area (Å²) >= 11 is 1.24. The fourth-order valence-electron chi connectivity index (χ4n) is 1.90. The highest BCUT2D eigenvalue weighted by Gasteiger charge is 2.16. The molecule has 0 aliphatic rings. The summed E-state index contributed by atoms with van der Waals surface area (Å²) in [4.78, 5) is 22.5. The Kier molecular flexibility index (Phi) is 5.27. The topological polar surface area (TPSA) is 143 Å². The molecule has 1 aromatic carbocycles. The van der Waals surface area contributed by atoms with Crippen LogP contribution in [0.5, 0.6) is 0 Å². The standard InChI is InChI=1S/C14H17N5O3S/c1-7-4-12(23-19-7)18-10-5-8(2-3-9(10)13(15)21)17-11(6-20)14(16)22/h2-6,11,14,17-18,22H,16H2,1H3,(H2,15,21). The van der Waals surface area contributed by atoms with E-state index in [1.807, 2.05) is 13.0 Å². The van der Waals surface area contributed by atoms with Crippen LogP contribution in [-0.2, 0) is 4.79 Å². The number of benzene rings is 1. The van der Waals surface area contributed by atoms with Crippen LogP contribution in [0.3, 0.4) is 0 Å². The third kappa shape index (κ3) is 4.25. The van der Waals surface area contributed by atoms with Gasteiger partial charge in [0.2, 0.25) is 0 Å². The number of aryl methyl sites for hydroxylation is 1. The van der Waals surface area contributed by atoms with Crippen LogP contribution in [0.25, 0.3) is 0 Å². The monoisotopic (exact) mass is 335 g/mol. The molecule has 0 saturated carbocycles. The summed E-state index contributed by atoms with van der Waals surface area (Å²) in [6.07, 6.45) is -0.837. The molecule has 8 nitrogen and oxygen atoms in total. The van der Waals surface area contributed by atoms with Gasteiger partial charge in [0.25, 0.3) is 5.91 Å². The highest BCUT2D eigenvalue weighted by molar-refractivity contribution is 7.10. The van der Waals surface area contributed by atoms with Crippen molar-refractivity contribution in [3.05, 3.63) is 35.5 Å². The predicted molar refractivity (Wildman–Crippen MR) is 88.8 cm³/mol. The first-order chi connectivity index (χ1) is 10.9. The number of aliphatic hydroxyl groups is 1. The van der Waals surface area contributed by atoms with Crippen molar-refractivity contribution in [2.45, 2.75) is 19.2 Å². The lowest BCUT2D eigenvalue weighted by molar-refractivity contribution is -0.110. The summed E-state index contributed by atoms with van der Waals surface area (Å²) < 4.78 is 4.15. The number of primary amides is 1. The van der Waals surface area contributed by atoms with Gasteiger partial charge >= 0.3 is 0 Å². The molecule has 2 aromatic rings. The van der Waals surface area contributed by atoms with Crippen molar-refractivity contribution in [3.8, 4) is 0 Å². The smallest absolute Gasteiger partial charge is 0.250 e. The number of hydrogen-bond acceptors (Lipinski definition) is 8. The van der Waals surface area contributed by atoms with Gasteiger partial charge in [-0.1, -0.05) is 0 Å². The Morgan fingerprint density at radius 3 is 2.70 bits per heavy atom. The summed E-state index contributed by atoms with van der Waals surface area (Å²) in [5.74, 6) is -0.592. The normalized spacial score (nSPS) is 13.2. The van der Waals surface area contributed by atoms with E-state index in [4.69, 9.17) is 11.5 Å². The summed E-state index contributed by atoms with van der Waals surface area (Å²) in [6.45, 7) is 1.85. The number of hydrogen-bond donors (Lipinski definition) is 5. The summed E-state index contributed by atoms with van der Waals surface area (Å²) in [7, 11) is 0. The Morgan fingerprint density at radius 1 is 1.43 bits per heavy atom. The van der Waals surface area contributed by atoms with E-state index >= 15 is 0 Å². The second-order valence-electron chi connectivity index (χ2n) is 4.88. The van der Waals surface area contributed by atoms with E-state index in [1.165, 1.54) is 17.6 Å². The quantitative estimate of drug-likeness (QED) is 0.367. The first-order valence-electron chi connectivity index (χ1n) is 6.70. The van der Waals surface area contributed by atoms with Gasteiger partial charge < -0.3 is 32.0 Å². The van der Waals surface area contributed by atoms with Crippen LogP contribution in [0.1, 0.15) is 16.1 Å². The molecular weight excluding hydrogens is 318 g/mol. The molecule has 122 valence electrons. The molecule has 0 bridgehead atoms. The van der Waals surface area contributed by atoms with Crippen molar-refractivity contribution in [1.29, 1.82) is 0 Å². The van der Waals surface area contributed by atoms with Crippen molar-refractivity contribution >= 4 is 40.1 Å². The molecule has 0 radical (unpaired) electrons. The number of anilines is 3. The van der Waals surface area contributed by atoms with Gasteiger partial charge in [0.05, 0.1) is 16.9 Å². The molecular formula is C14H17N5O3S. The van der Waals surface area contributed by atoms with Gasteiger partial charge in [-0.05, 0) is 42.7 Å². The molecule has 1 amide bonds. The zero-order valence-electron chi connectivity index (χ0n) is 12.3. The zero-order valence-corrected chi connectivity index (χ0v) is 13.1. The van der Waals surface area contributed by atoms with Crippen molar-refractivity contribution in [3.63, 3.8) is 0 Å². The molecule has 0 aliphatic heterocycles. The maximum atomic E-state index is 11.5. The second kappa shape index (κ2) is 7.18. The van der Waals surface area contributed by atoms with E-state index in [0.29, 0.717) is 17.7 Å². The van der Waals surface area contributed by atoms with E-state index < -0.39 is 18.2 Å². The van der Waals surface area contributed by atoms with Crippen LogP contribution in [0, 0.1) is 6.92 Å². The highest BCUT2D eigenvalue weighted by atomic mass is 32.1. The predicted octanol–water partition coefficient (Wildman–Crippen LogP) is 0.551. The lowest BCUT2D eigenvalue weighted by Crippen LogP contribution is -2.41. The van der Waals surface area contributed by atoms with E-state index in [-0.39, 0.29) is 5.56 Å². The number of nitrogens with one attached hydrogen (secondary N) is 2. The molecule has 2 atom stereocenters. The van der Waals surface area contributed by atoms with E-state index in [2.05, 4.69) is 15.0 Å². The van der Waals surface area contributed by atoms with Crippen LogP contribution in [0.15, 0.2) is 24.3 Å². The Labute approximate surface area is 136 Å². The third-order valence-corrected chi connectivity index (χ3v) is 3.81. The minimum Gasteiger partial charge on any atom is -0.376 e. The molecule has 1 aromatic heterocycles. The van der Waals surface area contributed by atoms with Crippen LogP contribution in [-0.4, -0.2) is 33.9 Å². The van der Waals surface area contributed by atoms with Crippen LogP contribution >= 0.6 is 11.5 Å². The van der Waals surface area contributed by atoms with Crippen LogP contribution < -0.4 is 22.1 Å². The van der Waals surface area contributed by atoms with Gasteiger partial charge in [0.1, 0.15) is 23.6 Å². The minimum atomic E-state index is -1.34. The Bertz CT molecular complexity index is 716. The molecule has 9 heteroatoms. The van der Waals surface area contributed by atoms with E-state index in [1.54, 1.807) is 12.1 Å². The fraction of sp³-hybridized carbons (Fsp3) is 0.214. The number of aliphatic hydroxyl groups excluding tert-OH is 1. The van der Waals surface area contributed by atoms with Crippen LogP contribution in [0.2, 0.25) is 0 Å². The molecule has 0 aliphatic carbocycles. The number of amides is 1. The lowest BCUT2D eigenvalue weighted by Gasteiger charge is -2.18. The molecule has 2 unspecified atom stereocenters. The van der Waals surface area contributed by atoms with Crippen molar-refractivity contribution in [2.75, 3.05) is 10.6 Å². The fourth-order valence-corrected chi connectivity index (χ4v) is 2.57. The van der Waals surface area contributed by atoms with Gasteiger partial charge in [0.15, 0.2) is 0 Å². The van der Waals surface area contributed by atoms with Crippen LogP contribution in [0.4, 0.5) is 16.4 Å². The molecule has 7 N–H and O–H groups in total. The average molecular weight is 335 g/mol. The molecule has 23 heavy (non-hydrogen) atoms. The number of nitrogens with two attached hydrogens (primary N) is 2. The maximum absolute atomic E-state index is 11.5. The third-order valence-electron chi connectivity index (χ3n) is 3.02. The SMILES string of the molecule is Cc1cc(Nc2cc(NC(C=O)C(N)O)ccc2C(N)=O)sn1. The highest BCUT2D eigenvalue weighted by Crippen LogP contribution is 2.27. The maximum Gasteiger partial charge on any atom is 0.250 e.